The lowest BCUT2D eigenvalue weighted by molar-refractivity contribution is -0.0551. The molecule has 1 unspecified atom stereocenters. The van der Waals surface area contributed by atoms with Crippen molar-refractivity contribution >= 4 is 16.9 Å². The van der Waals surface area contributed by atoms with E-state index in [1.54, 1.807) is 16.6 Å². The molecule has 0 radical (unpaired) electrons. The highest BCUT2D eigenvalue weighted by Crippen LogP contribution is 2.30. The highest BCUT2D eigenvalue weighted by molar-refractivity contribution is 5.97. The predicted octanol–water partition coefficient (Wildman–Crippen LogP) is -0.107. The summed E-state index contributed by atoms with van der Waals surface area (Å²) in [5.74, 6) is -0.272. The molecule has 2 saturated heterocycles. The molecule has 1 spiro atoms. The van der Waals surface area contributed by atoms with Crippen molar-refractivity contribution in [3.8, 4) is 0 Å². The van der Waals surface area contributed by atoms with E-state index in [4.69, 9.17) is 9.47 Å². The van der Waals surface area contributed by atoms with Crippen molar-refractivity contribution in [2.24, 2.45) is 7.05 Å². The number of morpholine rings is 1. The molecular formula is C15H18N4O4. The normalized spacial score (nSPS) is 24.7. The van der Waals surface area contributed by atoms with Crippen molar-refractivity contribution in [1.82, 2.24) is 19.7 Å². The molecule has 0 bridgehead atoms. The van der Waals surface area contributed by atoms with Gasteiger partial charge in [0.2, 0.25) is 5.43 Å². The summed E-state index contributed by atoms with van der Waals surface area (Å²) in [6, 6.07) is 0. The quantitative estimate of drug-likeness (QED) is 0.793. The average Bonchev–Trinajstić information content (AvgIpc) is 3.16. The van der Waals surface area contributed by atoms with Crippen molar-refractivity contribution in [2.45, 2.75) is 12.0 Å². The van der Waals surface area contributed by atoms with Crippen LogP contribution in [0.2, 0.25) is 0 Å². The number of carbonyl (C=O) groups excluding carboxylic acids is 1. The van der Waals surface area contributed by atoms with E-state index in [2.05, 4.69) is 10.1 Å². The Balaban J connectivity index is 1.76. The molecule has 1 N–H and O–H groups in total. The topological polar surface area (TPSA) is 89.5 Å². The fourth-order valence-corrected chi connectivity index (χ4v) is 3.40. The molecule has 2 aliphatic rings. The molecule has 2 aromatic rings. The van der Waals surface area contributed by atoms with Crippen LogP contribution in [0.25, 0.3) is 11.0 Å². The molecule has 4 heterocycles. The summed E-state index contributed by atoms with van der Waals surface area (Å²) < 4.78 is 12.6. The predicted molar refractivity (Wildman–Crippen MR) is 81.4 cm³/mol. The molecule has 8 nitrogen and oxygen atoms in total. The van der Waals surface area contributed by atoms with Crippen LogP contribution in [0.15, 0.2) is 17.2 Å². The number of nitrogens with one attached hydrogen (secondary N) is 1. The number of pyridine rings is 1. The maximum atomic E-state index is 13.0. The number of fused-ring (bicyclic) bond motifs is 1. The standard InChI is InChI=1S/C15H18N4O4/c1-18-13-10(7-17-18)12(20)11(6-16-13)14(21)19-3-5-23-9-15(19)2-4-22-8-15/h6-7H,2-5,8-9H2,1H3,(H,16,20). The number of ether oxygens (including phenoxy) is 2. The van der Waals surface area contributed by atoms with Crippen molar-refractivity contribution < 1.29 is 14.3 Å². The molecule has 0 saturated carbocycles. The zero-order valence-electron chi connectivity index (χ0n) is 12.9. The van der Waals surface area contributed by atoms with Gasteiger partial charge in [0, 0.05) is 26.4 Å². The maximum Gasteiger partial charge on any atom is 0.260 e. The van der Waals surface area contributed by atoms with Crippen molar-refractivity contribution in [1.29, 1.82) is 0 Å². The minimum Gasteiger partial charge on any atom is -0.379 e. The molecule has 2 aromatic heterocycles. The van der Waals surface area contributed by atoms with Crippen molar-refractivity contribution in [2.75, 3.05) is 33.0 Å². The Morgan fingerprint density at radius 1 is 1.35 bits per heavy atom. The fraction of sp³-hybridized carbons (Fsp3) is 0.533. The lowest BCUT2D eigenvalue weighted by Gasteiger charge is -2.43. The Kier molecular flexibility index (Phi) is 3.24. The third-order valence-electron chi connectivity index (χ3n) is 4.74. The molecule has 122 valence electrons. The Hall–Kier alpha value is -2.19. The zero-order chi connectivity index (χ0) is 16.0. The summed E-state index contributed by atoms with van der Waals surface area (Å²) in [7, 11) is 1.74. The SMILES string of the molecule is Cn1ncc2c(=O)c(C(=O)N3CCOCC34CCOC4)c[nH]c21. The van der Waals surface area contributed by atoms with Crippen molar-refractivity contribution in [3.05, 3.63) is 28.2 Å². The highest BCUT2D eigenvalue weighted by atomic mass is 16.5. The first kappa shape index (κ1) is 14.4. The Labute approximate surface area is 132 Å². The van der Waals surface area contributed by atoms with Gasteiger partial charge in [-0.25, -0.2) is 0 Å². The van der Waals surface area contributed by atoms with Crippen molar-refractivity contribution in [3.63, 3.8) is 0 Å². The van der Waals surface area contributed by atoms with Crippen LogP contribution in [0.4, 0.5) is 0 Å². The summed E-state index contributed by atoms with van der Waals surface area (Å²) >= 11 is 0. The molecule has 2 aliphatic heterocycles. The summed E-state index contributed by atoms with van der Waals surface area (Å²) in [5, 5.41) is 4.48. The number of amides is 1. The van der Waals surface area contributed by atoms with Gasteiger partial charge in [-0.2, -0.15) is 5.10 Å². The van der Waals surface area contributed by atoms with Crippen LogP contribution in [0.5, 0.6) is 0 Å². The second-order valence-corrected chi connectivity index (χ2v) is 6.10. The van der Waals surface area contributed by atoms with Gasteiger partial charge in [0.25, 0.3) is 5.91 Å². The van der Waals surface area contributed by atoms with Crippen LogP contribution in [0.1, 0.15) is 16.8 Å². The Bertz CT molecular complexity index is 818. The van der Waals surface area contributed by atoms with E-state index in [-0.39, 0.29) is 16.9 Å². The van der Waals surface area contributed by atoms with Crippen LogP contribution >= 0.6 is 0 Å². The smallest absolute Gasteiger partial charge is 0.260 e. The number of carbonyl (C=O) groups is 1. The third-order valence-corrected chi connectivity index (χ3v) is 4.74. The fourth-order valence-electron chi connectivity index (χ4n) is 3.40. The molecule has 2 fully saturated rings. The van der Waals surface area contributed by atoms with E-state index in [0.717, 1.165) is 6.42 Å². The van der Waals surface area contributed by atoms with E-state index >= 15 is 0 Å². The average molecular weight is 318 g/mol. The van der Waals surface area contributed by atoms with Gasteiger partial charge >= 0.3 is 0 Å². The molecule has 0 aliphatic carbocycles. The van der Waals surface area contributed by atoms with Crippen LogP contribution in [0.3, 0.4) is 0 Å². The molecular weight excluding hydrogens is 300 g/mol. The van der Waals surface area contributed by atoms with Crippen LogP contribution in [-0.4, -0.2) is 64.1 Å². The second kappa shape index (κ2) is 5.17. The van der Waals surface area contributed by atoms with Gasteiger partial charge in [0.1, 0.15) is 11.2 Å². The third kappa shape index (κ3) is 2.09. The number of nitrogens with zero attached hydrogens (tertiary/aromatic N) is 3. The maximum absolute atomic E-state index is 13.0. The lowest BCUT2D eigenvalue weighted by Crippen LogP contribution is -2.60. The summed E-state index contributed by atoms with van der Waals surface area (Å²) in [6.07, 6.45) is 3.69. The largest absolute Gasteiger partial charge is 0.379 e. The Morgan fingerprint density at radius 3 is 2.91 bits per heavy atom. The zero-order valence-corrected chi connectivity index (χ0v) is 12.9. The Morgan fingerprint density at radius 2 is 2.13 bits per heavy atom. The van der Waals surface area contributed by atoms with Gasteiger partial charge in [-0.05, 0) is 6.42 Å². The first-order chi connectivity index (χ1) is 11.1. The highest BCUT2D eigenvalue weighted by Gasteiger charge is 2.46. The van der Waals surface area contributed by atoms with E-state index in [9.17, 15) is 9.59 Å². The van der Waals surface area contributed by atoms with Gasteiger partial charge in [-0.1, -0.05) is 0 Å². The van der Waals surface area contributed by atoms with Gasteiger partial charge in [0.05, 0.1) is 36.9 Å². The molecule has 4 rings (SSSR count). The minimum absolute atomic E-state index is 0.138. The first-order valence-corrected chi connectivity index (χ1v) is 7.63. The van der Waals surface area contributed by atoms with E-state index in [0.29, 0.717) is 44.0 Å². The molecule has 23 heavy (non-hydrogen) atoms. The number of aromatic amines is 1. The first-order valence-electron chi connectivity index (χ1n) is 7.63. The van der Waals surface area contributed by atoms with Crippen LogP contribution in [0, 0.1) is 0 Å². The minimum atomic E-state index is -0.453. The summed E-state index contributed by atoms with van der Waals surface area (Å²) in [5.41, 5.74) is -0.00500. The number of hydrogen-bond acceptors (Lipinski definition) is 5. The molecule has 1 amide bonds. The molecule has 1 atom stereocenters. The summed E-state index contributed by atoms with van der Waals surface area (Å²) in [6.45, 7) is 2.44. The molecule has 8 heteroatoms. The van der Waals surface area contributed by atoms with Gasteiger partial charge < -0.3 is 19.4 Å². The van der Waals surface area contributed by atoms with E-state index in [1.807, 2.05) is 0 Å². The van der Waals surface area contributed by atoms with Crippen LogP contribution < -0.4 is 5.43 Å². The number of H-pyrrole nitrogens is 1. The number of hydrogen-bond donors (Lipinski definition) is 1. The van der Waals surface area contributed by atoms with Gasteiger partial charge in [0.15, 0.2) is 0 Å². The second-order valence-electron chi connectivity index (χ2n) is 6.10. The van der Waals surface area contributed by atoms with Crippen LogP contribution in [-0.2, 0) is 16.5 Å². The number of rotatable bonds is 1. The molecule has 0 aromatic carbocycles. The van der Waals surface area contributed by atoms with E-state index in [1.165, 1.54) is 12.4 Å². The van der Waals surface area contributed by atoms with Gasteiger partial charge in [-0.3, -0.25) is 14.3 Å². The monoisotopic (exact) mass is 318 g/mol. The number of aryl methyl sites for hydroxylation is 1. The number of aromatic nitrogens is 3. The lowest BCUT2D eigenvalue weighted by atomic mass is 9.95. The summed E-state index contributed by atoms with van der Waals surface area (Å²) in [4.78, 5) is 30.4. The van der Waals surface area contributed by atoms with E-state index < -0.39 is 5.54 Å². The van der Waals surface area contributed by atoms with Gasteiger partial charge in [-0.15, -0.1) is 0 Å².